The minimum Gasteiger partial charge on any atom is -0.455 e. The molecule has 12 rings (SSSR count). The second kappa shape index (κ2) is 15.5. The van der Waals surface area contributed by atoms with Gasteiger partial charge in [-0.05, 0) is 98.6 Å². The standard InChI is InChI=1S/C60H39NOS/c1-4-17-40(18-5-1)44-33-36-52-57(39-44)63-56-30-16-28-53(58(52)56)61(54-38-37-48(42-21-8-3-9-22-42)60-59(54)51-27-14-15-29-55(51)62-60)45-34-31-43(32-35-45)47-24-11-13-26-50(47)49-25-12-10-23-46(49)41-19-6-2-7-20-41/h1-39H. The summed E-state index contributed by atoms with van der Waals surface area (Å²) in [6, 6.07) is 85.2. The van der Waals surface area contributed by atoms with Crippen molar-refractivity contribution in [1.29, 1.82) is 0 Å². The van der Waals surface area contributed by atoms with Gasteiger partial charge in [-0.2, -0.15) is 0 Å². The van der Waals surface area contributed by atoms with E-state index in [1.54, 1.807) is 0 Å². The zero-order valence-corrected chi connectivity index (χ0v) is 35.1. The molecule has 2 heterocycles. The van der Waals surface area contributed by atoms with Gasteiger partial charge < -0.3 is 9.32 Å². The van der Waals surface area contributed by atoms with E-state index in [1.807, 2.05) is 11.3 Å². The van der Waals surface area contributed by atoms with E-state index in [2.05, 4.69) is 241 Å². The SMILES string of the molecule is c1ccc(-c2ccc3c(c2)sc2cccc(N(c4ccc(-c5ccccc5-c5ccccc5-c5ccccc5)cc4)c4ccc(-c5ccccc5)c5oc6ccccc6c45)c23)cc1. The number of furan rings is 1. The van der Waals surface area contributed by atoms with Gasteiger partial charge in [0.1, 0.15) is 11.2 Å². The summed E-state index contributed by atoms with van der Waals surface area (Å²) in [5.41, 5.74) is 16.8. The largest absolute Gasteiger partial charge is 0.455 e. The molecule has 3 heteroatoms. The maximum Gasteiger partial charge on any atom is 0.145 e. The average molecular weight is 822 g/mol. The van der Waals surface area contributed by atoms with Crippen LogP contribution < -0.4 is 4.90 Å². The van der Waals surface area contributed by atoms with Crippen molar-refractivity contribution in [2.75, 3.05) is 4.90 Å². The highest BCUT2D eigenvalue weighted by Gasteiger charge is 2.25. The lowest BCUT2D eigenvalue weighted by molar-refractivity contribution is 0.670. The zero-order chi connectivity index (χ0) is 41.7. The smallest absolute Gasteiger partial charge is 0.145 e. The van der Waals surface area contributed by atoms with Gasteiger partial charge in [-0.25, -0.2) is 0 Å². The highest BCUT2D eigenvalue weighted by Crippen LogP contribution is 2.50. The summed E-state index contributed by atoms with van der Waals surface area (Å²) in [5.74, 6) is 0. The van der Waals surface area contributed by atoms with Crippen LogP contribution in [-0.2, 0) is 0 Å². The average Bonchev–Trinajstić information content (AvgIpc) is 3.94. The fourth-order valence-electron chi connectivity index (χ4n) is 9.40. The minimum atomic E-state index is 0.868. The van der Waals surface area contributed by atoms with Crippen LogP contribution in [-0.4, -0.2) is 0 Å². The third-order valence-corrected chi connectivity index (χ3v) is 13.4. The van der Waals surface area contributed by atoms with Crippen LogP contribution in [0.4, 0.5) is 17.1 Å². The monoisotopic (exact) mass is 821 g/mol. The van der Waals surface area contributed by atoms with Crippen LogP contribution >= 0.6 is 11.3 Å². The van der Waals surface area contributed by atoms with Crippen LogP contribution in [0.5, 0.6) is 0 Å². The van der Waals surface area contributed by atoms with E-state index in [-0.39, 0.29) is 0 Å². The summed E-state index contributed by atoms with van der Waals surface area (Å²) in [4.78, 5) is 2.46. The third kappa shape index (κ3) is 6.41. The molecule has 0 aliphatic carbocycles. The molecule has 2 nitrogen and oxygen atoms in total. The van der Waals surface area contributed by atoms with E-state index in [9.17, 15) is 0 Å². The van der Waals surface area contributed by atoms with Crippen molar-refractivity contribution >= 4 is 70.5 Å². The van der Waals surface area contributed by atoms with Crippen molar-refractivity contribution in [3.63, 3.8) is 0 Å². The van der Waals surface area contributed by atoms with Crippen molar-refractivity contribution in [1.82, 2.24) is 0 Å². The molecule has 63 heavy (non-hydrogen) atoms. The number of fused-ring (bicyclic) bond motifs is 6. The van der Waals surface area contributed by atoms with Gasteiger partial charge in [0.15, 0.2) is 0 Å². The van der Waals surface area contributed by atoms with Crippen LogP contribution in [0.15, 0.2) is 241 Å². The molecule has 0 saturated heterocycles. The maximum atomic E-state index is 6.85. The summed E-state index contributed by atoms with van der Waals surface area (Å²) >= 11 is 1.85. The Kier molecular flexibility index (Phi) is 9.06. The molecule has 0 aliphatic heterocycles. The molecule has 0 fully saturated rings. The molecule has 10 aromatic carbocycles. The number of anilines is 3. The number of hydrogen-bond acceptors (Lipinski definition) is 3. The van der Waals surface area contributed by atoms with Gasteiger partial charge in [0, 0.05) is 36.8 Å². The van der Waals surface area contributed by atoms with Gasteiger partial charge in [0.05, 0.1) is 16.8 Å². The van der Waals surface area contributed by atoms with Gasteiger partial charge in [-0.1, -0.05) is 188 Å². The van der Waals surface area contributed by atoms with E-state index in [0.29, 0.717) is 0 Å². The molecule has 0 spiro atoms. The Morgan fingerprint density at radius 1 is 0.317 bits per heavy atom. The zero-order valence-electron chi connectivity index (χ0n) is 34.3. The van der Waals surface area contributed by atoms with E-state index in [4.69, 9.17) is 4.42 Å². The molecule has 0 bridgehead atoms. The summed E-state index contributed by atoms with van der Waals surface area (Å²) in [5, 5.41) is 4.65. The van der Waals surface area contributed by atoms with Gasteiger partial charge in [0.2, 0.25) is 0 Å². The summed E-state index contributed by atoms with van der Waals surface area (Å²) in [6.07, 6.45) is 0. The fraction of sp³-hybridized carbons (Fsp3) is 0. The van der Waals surface area contributed by atoms with Crippen LogP contribution in [0, 0.1) is 0 Å². The van der Waals surface area contributed by atoms with Gasteiger partial charge in [-0.15, -0.1) is 11.3 Å². The van der Waals surface area contributed by atoms with Gasteiger partial charge in [0.25, 0.3) is 0 Å². The van der Waals surface area contributed by atoms with Crippen molar-refractivity contribution in [3.8, 4) is 55.6 Å². The molecule has 0 amide bonds. The molecule has 0 radical (unpaired) electrons. The third-order valence-electron chi connectivity index (χ3n) is 12.3. The Morgan fingerprint density at radius 3 is 1.54 bits per heavy atom. The highest BCUT2D eigenvalue weighted by atomic mass is 32.1. The van der Waals surface area contributed by atoms with E-state index in [0.717, 1.165) is 55.7 Å². The Labute approximate surface area is 370 Å². The van der Waals surface area contributed by atoms with Crippen LogP contribution in [0.1, 0.15) is 0 Å². The maximum absolute atomic E-state index is 6.85. The molecule has 0 atom stereocenters. The number of hydrogen-bond donors (Lipinski definition) is 0. The number of nitrogens with zero attached hydrogens (tertiary/aromatic N) is 1. The first-order chi connectivity index (χ1) is 31.3. The normalized spacial score (nSPS) is 11.5. The first-order valence-electron chi connectivity index (χ1n) is 21.4. The van der Waals surface area contributed by atoms with Gasteiger partial charge >= 0.3 is 0 Å². The molecule has 0 saturated carbocycles. The Hall–Kier alpha value is -7.98. The number of thiophene rings is 1. The molecular formula is C60H39NOS. The predicted octanol–water partition coefficient (Wildman–Crippen LogP) is 17.8. The van der Waals surface area contributed by atoms with Crippen molar-refractivity contribution in [3.05, 3.63) is 237 Å². The predicted molar refractivity (Wildman–Crippen MR) is 268 cm³/mol. The Morgan fingerprint density at radius 2 is 0.857 bits per heavy atom. The van der Waals surface area contributed by atoms with Crippen molar-refractivity contribution in [2.24, 2.45) is 0 Å². The number of rotatable bonds is 8. The first-order valence-corrected chi connectivity index (χ1v) is 22.2. The van der Waals surface area contributed by atoms with Gasteiger partial charge in [-0.3, -0.25) is 0 Å². The van der Waals surface area contributed by atoms with Crippen LogP contribution in [0.3, 0.4) is 0 Å². The summed E-state index contributed by atoms with van der Waals surface area (Å²) in [6.45, 7) is 0. The molecule has 12 aromatic rings. The molecule has 0 unspecified atom stereocenters. The number of benzene rings is 10. The van der Waals surface area contributed by atoms with Crippen LogP contribution in [0.25, 0.3) is 97.7 Å². The molecule has 0 aliphatic rings. The topological polar surface area (TPSA) is 16.4 Å². The lowest BCUT2D eigenvalue weighted by Gasteiger charge is -2.28. The molecule has 2 aromatic heterocycles. The first kappa shape index (κ1) is 36.8. The number of para-hydroxylation sites is 1. The Balaban J connectivity index is 1.07. The molecular weight excluding hydrogens is 783 g/mol. The Bertz CT molecular complexity index is 3610. The second-order valence-electron chi connectivity index (χ2n) is 16.0. The van der Waals surface area contributed by atoms with Crippen molar-refractivity contribution < 1.29 is 4.42 Å². The summed E-state index contributed by atoms with van der Waals surface area (Å²) < 4.78 is 9.36. The van der Waals surface area contributed by atoms with Crippen molar-refractivity contribution in [2.45, 2.75) is 0 Å². The minimum absolute atomic E-state index is 0.868. The highest BCUT2D eigenvalue weighted by molar-refractivity contribution is 7.26. The van der Waals surface area contributed by atoms with Crippen LogP contribution in [0.2, 0.25) is 0 Å². The quantitative estimate of drug-likeness (QED) is 0.152. The molecule has 296 valence electrons. The lowest BCUT2D eigenvalue weighted by Crippen LogP contribution is -2.11. The lowest BCUT2D eigenvalue weighted by atomic mass is 9.89. The second-order valence-corrected chi connectivity index (χ2v) is 17.1. The van der Waals surface area contributed by atoms with E-state index in [1.165, 1.54) is 59.1 Å². The fourth-order valence-corrected chi connectivity index (χ4v) is 10.6. The summed E-state index contributed by atoms with van der Waals surface area (Å²) in [7, 11) is 0. The molecule has 0 N–H and O–H groups in total. The van der Waals surface area contributed by atoms with E-state index >= 15 is 0 Å². The van der Waals surface area contributed by atoms with E-state index < -0.39 is 0 Å².